The third-order valence-corrected chi connectivity index (χ3v) is 4.03. The number of nitrogens with one attached hydrogen (secondary N) is 1. The number of carbonyl (C=O) groups excluding carboxylic acids is 2. The van der Waals surface area contributed by atoms with Gasteiger partial charge in [-0.05, 0) is 29.2 Å². The summed E-state index contributed by atoms with van der Waals surface area (Å²) in [5.74, 6) is -0.249. The lowest BCUT2D eigenvalue weighted by Crippen LogP contribution is -2.31. The van der Waals surface area contributed by atoms with Gasteiger partial charge in [0.1, 0.15) is 5.70 Å². The van der Waals surface area contributed by atoms with Crippen LogP contribution in [-0.4, -0.2) is 23.4 Å². The van der Waals surface area contributed by atoms with Crippen LogP contribution in [-0.2, 0) is 4.79 Å². The molecule has 3 rings (SSSR count). The van der Waals surface area contributed by atoms with Crippen molar-refractivity contribution in [2.24, 2.45) is 0 Å². The number of amides is 3. The van der Waals surface area contributed by atoms with Crippen LogP contribution in [0.15, 0.2) is 60.3 Å². The second kappa shape index (κ2) is 7.13. The van der Waals surface area contributed by atoms with Crippen LogP contribution in [0.2, 0.25) is 0 Å². The van der Waals surface area contributed by atoms with Crippen molar-refractivity contribution in [1.82, 2.24) is 10.2 Å². The van der Waals surface area contributed by atoms with E-state index in [4.69, 9.17) is 0 Å². The monoisotopic (exact) mass is 320 g/mol. The molecule has 3 amide bonds. The molecule has 1 fully saturated rings. The molecule has 0 radical (unpaired) electrons. The van der Waals surface area contributed by atoms with Gasteiger partial charge in [0.05, 0.1) is 0 Å². The van der Waals surface area contributed by atoms with Crippen LogP contribution in [0.25, 0.3) is 17.2 Å². The van der Waals surface area contributed by atoms with E-state index in [0.717, 1.165) is 29.5 Å². The standard InChI is InChI=1S/C20H20N2O2/c1-2-3-13-22-19(23)18(21-20(22)24)14-15-9-11-17(12-10-15)16-7-5-4-6-8-16/h4-12,14H,2-3,13H2,1H3,(H,21,24). The molecule has 1 N–H and O–H groups in total. The van der Waals surface area contributed by atoms with E-state index in [1.54, 1.807) is 6.08 Å². The number of urea groups is 1. The van der Waals surface area contributed by atoms with Gasteiger partial charge in [-0.15, -0.1) is 0 Å². The van der Waals surface area contributed by atoms with Gasteiger partial charge in [0, 0.05) is 6.54 Å². The minimum absolute atomic E-state index is 0.249. The summed E-state index contributed by atoms with van der Waals surface area (Å²) >= 11 is 0. The number of hydrogen-bond donors (Lipinski definition) is 1. The van der Waals surface area contributed by atoms with Crippen LogP contribution in [0.4, 0.5) is 4.79 Å². The van der Waals surface area contributed by atoms with Gasteiger partial charge in [0.25, 0.3) is 5.91 Å². The van der Waals surface area contributed by atoms with Crippen molar-refractivity contribution < 1.29 is 9.59 Å². The molecule has 0 spiro atoms. The van der Waals surface area contributed by atoms with Crippen molar-refractivity contribution in [3.05, 3.63) is 65.9 Å². The van der Waals surface area contributed by atoms with E-state index in [1.807, 2.05) is 49.4 Å². The van der Waals surface area contributed by atoms with Crippen molar-refractivity contribution in [3.63, 3.8) is 0 Å². The molecule has 24 heavy (non-hydrogen) atoms. The topological polar surface area (TPSA) is 49.4 Å². The molecule has 0 saturated carbocycles. The third kappa shape index (κ3) is 3.38. The molecule has 1 aliphatic heterocycles. The maximum atomic E-state index is 12.3. The average molecular weight is 320 g/mol. The summed E-state index contributed by atoms with van der Waals surface area (Å²) in [4.78, 5) is 25.4. The molecule has 0 unspecified atom stereocenters. The van der Waals surface area contributed by atoms with E-state index in [2.05, 4.69) is 17.4 Å². The molecule has 4 nitrogen and oxygen atoms in total. The Morgan fingerprint density at radius 3 is 2.29 bits per heavy atom. The quantitative estimate of drug-likeness (QED) is 0.667. The van der Waals surface area contributed by atoms with E-state index in [0.29, 0.717) is 12.2 Å². The number of hydrogen-bond acceptors (Lipinski definition) is 2. The minimum Gasteiger partial charge on any atom is -0.303 e. The summed E-state index contributed by atoms with van der Waals surface area (Å²) < 4.78 is 0. The number of nitrogens with zero attached hydrogens (tertiary/aromatic N) is 1. The highest BCUT2D eigenvalue weighted by molar-refractivity contribution is 6.13. The second-order valence-electron chi connectivity index (χ2n) is 5.79. The Labute approximate surface area is 141 Å². The number of carbonyl (C=O) groups is 2. The van der Waals surface area contributed by atoms with Crippen LogP contribution >= 0.6 is 0 Å². The molecular weight excluding hydrogens is 300 g/mol. The average Bonchev–Trinajstić information content (AvgIpc) is 2.88. The molecule has 2 aromatic carbocycles. The first-order chi connectivity index (χ1) is 11.7. The van der Waals surface area contributed by atoms with Crippen LogP contribution in [0.5, 0.6) is 0 Å². The molecule has 4 heteroatoms. The number of unbranched alkanes of at least 4 members (excludes halogenated alkanes) is 1. The number of benzene rings is 2. The Morgan fingerprint density at radius 1 is 0.958 bits per heavy atom. The van der Waals surface area contributed by atoms with Crippen molar-refractivity contribution in [2.45, 2.75) is 19.8 Å². The largest absolute Gasteiger partial charge is 0.329 e. The number of rotatable bonds is 5. The zero-order chi connectivity index (χ0) is 16.9. The van der Waals surface area contributed by atoms with Crippen molar-refractivity contribution in [2.75, 3.05) is 6.54 Å². The fourth-order valence-corrected chi connectivity index (χ4v) is 2.66. The van der Waals surface area contributed by atoms with Crippen molar-refractivity contribution in [1.29, 1.82) is 0 Å². The van der Waals surface area contributed by atoms with Crippen LogP contribution in [0.3, 0.4) is 0 Å². The van der Waals surface area contributed by atoms with Gasteiger partial charge >= 0.3 is 6.03 Å². The molecule has 122 valence electrons. The molecule has 0 aliphatic carbocycles. The Hall–Kier alpha value is -2.88. The Kier molecular flexibility index (Phi) is 4.75. The van der Waals surface area contributed by atoms with E-state index < -0.39 is 0 Å². The molecule has 1 saturated heterocycles. The Morgan fingerprint density at radius 2 is 1.62 bits per heavy atom. The third-order valence-electron chi connectivity index (χ3n) is 4.03. The summed E-state index contributed by atoms with van der Waals surface area (Å²) in [7, 11) is 0. The smallest absolute Gasteiger partial charge is 0.303 e. The van der Waals surface area contributed by atoms with E-state index in [9.17, 15) is 9.59 Å². The predicted octanol–water partition coefficient (Wildman–Crippen LogP) is 4.05. The Balaban J connectivity index is 1.77. The van der Waals surface area contributed by atoms with Crippen LogP contribution in [0, 0.1) is 0 Å². The molecule has 1 heterocycles. The molecule has 0 aromatic heterocycles. The van der Waals surface area contributed by atoms with Crippen molar-refractivity contribution >= 4 is 18.0 Å². The minimum atomic E-state index is -0.333. The van der Waals surface area contributed by atoms with Gasteiger partial charge in [-0.1, -0.05) is 67.9 Å². The summed E-state index contributed by atoms with van der Waals surface area (Å²) in [6, 6.07) is 17.7. The predicted molar refractivity (Wildman–Crippen MR) is 95.0 cm³/mol. The first-order valence-electron chi connectivity index (χ1n) is 8.19. The van der Waals surface area contributed by atoms with Gasteiger partial charge in [0.2, 0.25) is 0 Å². The molecule has 0 atom stereocenters. The lowest BCUT2D eigenvalue weighted by molar-refractivity contribution is -0.122. The summed E-state index contributed by atoms with van der Waals surface area (Å²) in [6.07, 6.45) is 3.48. The van der Waals surface area contributed by atoms with E-state index in [1.165, 1.54) is 4.90 Å². The molecular formula is C20H20N2O2. The van der Waals surface area contributed by atoms with Gasteiger partial charge in [-0.2, -0.15) is 0 Å². The van der Waals surface area contributed by atoms with Crippen LogP contribution < -0.4 is 5.32 Å². The maximum absolute atomic E-state index is 12.3. The van der Waals surface area contributed by atoms with Crippen molar-refractivity contribution in [3.8, 4) is 11.1 Å². The van der Waals surface area contributed by atoms with Gasteiger partial charge in [-0.25, -0.2) is 4.79 Å². The highest BCUT2D eigenvalue weighted by Gasteiger charge is 2.32. The van der Waals surface area contributed by atoms with E-state index in [-0.39, 0.29) is 11.9 Å². The highest BCUT2D eigenvalue weighted by Crippen LogP contribution is 2.21. The molecule has 2 aromatic rings. The van der Waals surface area contributed by atoms with Gasteiger partial charge in [-0.3, -0.25) is 9.69 Å². The summed E-state index contributed by atoms with van der Waals surface area (Å²) in [5.41, 5.74) is 3.48. The highest BCUT2D eigenvalue weighted by atomic mass is 16.2. The van der Waals surface area contributed by atoms with E-state index >= 15 is 0 Å². The maximum Gasteiger partial charge on any atom is 0.329 e. The SMILES string of the molecule is CCCCN1C(=O)NC(=Cc2ccc(-c3ccccc3)cc2)C1=O. The normalized spacial score (nSPS) is 15.9. The molecule has 0 bridgehead atoms. The number of imide groups is 1. The molecule has 1 aliphatic rings. The fourth-order valence-electron chi connectivity index (χ4n) is 2.66. The zero-order valence-corrected chi connectivity index (χ0v) is 13.7. The lowest BCUT2D eigenvalue weighted by atomic mass is 10.0. The fraction of sp³-hybridized carbons (Fsp3) is 0.200. The zero-order valence-electron chi connectivity index (χ0n) is 13.7. The lowest BCUT2D eigenvalue weighted by Gasteiger charge is -2.09. The van der Waals surface area contributed by atoms with Gasteiger partial charge < -0.3 is 5.32 Å². The summed E-state index contributed by atoms with van der Waals surface area (Å²) in [6.45, 7) is 2.49. The first-order valence-corrected chi connectivity index (χ1v) is 8.19. The second-order valence-corrected chi connectivity index (χ2v) is 5.79. The first kappa shape index (κ1) is 16.0. The van der Waals surface area contributed by atoms with Crippen LogP contribution in [0.1, 0.15) is 25.3 Å². The van der Waals surface area contributed by atoms with Gasteiger partial charge in [0.15, 0.2) is 0 Å². The Bertz CT molecular complexity index is 764. The summed E-state index contributed by atoms with van der Waals surface area (Å²) in [5, 5.41) is 2.66.